The van der Waals surface area contributed by atoms with Crippen molar-refractivity contribution in [1.82, 2.24) is 4.90 Å². The lowest BCUT2D eigenvalue weighted by Crippen LogP contribution is -2.47. The molecular formula is C11H20BrNO2. The smallest absolute Gasteiger partial charge is 0.320 e. The maximum absolute atomic E-state index is 11.3. The van der Waals surface area contributed by atoms with E-state index >= 15 is 0 Å². The van der Waals surface area contributed by atoms with Crippen LogP contribution in [0.4, 0.5) is 0 Å². The topological polar surface area (TPSA) is 29.5 Å². The second kappa shape index (κ2) is 5.85. The van der Waals surface area contributed by atoms with Gasteiger partial charge in [-0.05, 0) is 26.7 Å². The van der Waals surface area contributed by atoms with Crippen LogP contribution in [0, 0.1) is 0 Å². The summed E-state index contributed by atoms with van der Waals surface area (Å²) in [6.45, 7) is 5.20. The summed E-state index contributed by atoms with van der Waals surface area (Å²) in [4.78, 5) is 13.5. The zero-order valence-electron chi connectivity index (χ0n) is 9.70. The molecule has 0 aliphatic carbocycles. The minimum atomic E-state index is -0.203. The highest BCUT2D eigenvalue weighted by atomic mass is 79.9. The first-order valence-electron chi connectivity index (χ1n) is 5.54. The van der Waals surface area contributed by atoms with E-state index in [0.717, 1.165) is 6.54 Å². The van der Waals surface area contributed by atoms with Crippen molar-refractivity contribution in [3.8, 4) is 0 Å². The Balaban J connectivity index is 2.50. The number of rotatable bonds is 3. The number of alkyl halides is 1. The van der Waals surface area contributed by atoms with Gasteiger partial charge in [-0.25, -0.2) is 0 Å². The highest BCUT2D eigenvalue weighted by Gasteiger charge is 2.28. The number of nitrogens with zero attached hydrogens (tertiary/aromatic N) is 1. The molecular weight excluding hydrogens is 258 g/mol. The van der Waals surface area contributed by atoms with Gasteiger partial charge in [0.05, 0.1) is 7.11 Å². The SMILES string of the molecule is COC(=O)C(Br)CN1[C@H](C)CCC[C@@H]1C. The number of halogens is 1. The van der Waals surface area contributed by atoms with Crippen LogP contribution in [0.3, 0.4) is 0 Å². The van der Waals surface area contributed by atoms with Crippen LogP contribution in [-0.4, -0.2) is 41.4 Å². The summed E-state index contributed by atoms with van der Waals surface area (Å²) in [5.41, 5.74) is 0. The largest absolute Gasteiger partial charge is 0.468 e. The first-order chi connectivity index (χ1) is 7.06. The molecule has 1 aliphatic heterocycles. The van der Waals surface area contributed by atoms with Gasteiger partial charge < -0.3 is 4.74 Å². The number of piperidine rings is 1. The van der Waals surface area contributed by atoms with Crippen LogP contribution in [0.1, 0.15) is 33.1 Å². The summed E-state index contributed by atoms with van der Waals surface area (Å²) < 4.78 is 4.71. The van der Waals surface area contributed by atoms with Gasteiger partial charge in [0, 0.05) is 18.6 Å². The van der Waals surface area contributed by atoms with Gasteiger partial charge in [-0.15, -0.1) is 0 Å². The lowest BCUT2D eigenvalue weighted by molar-refractivity contribution is -0.140. The highest BCUT2D eigenvalue weighted by Crippen LogP contribution is 2.23. The highest BCUT2D eigenvalue weighted by molar-refractivity contribution is 9.10. The van der Waals surface area contributed by atoms with E-state index in [1.165, 1.54) is 26.4 Å². The fraction of sp³-hybridized carbons (Fsp3) is 0.909. The fourth-order valence-electron chi connectivity index (χ4n) is 2.22. The first kappa shape index (κ1) is 13.0. The average Bonchev–Trinajstić information content (AvgIpc) is 2.22. The van der Waals surface area contributed by atoms with Crippen molar-refractivity contribution in [1.29, 1.82) is 0 Å². The minimum Gasteiger partial charge on any atom is -0.468 e. The minimum absolute atomic E-state index is 0.181. The van der Waals surface area contributed by atoms with Gasteiger partial charge in [-0.3, -0.25) is 9.69 Å². The molecule has 88 valence electrons. The van der Waals surface area contributed by atoms with E-state index in [2.05, 4.69) is 34.7 Å². The molecule has 0 aromatic carbocycles. The maximum atomic E-state index is 11.3. The van der Waals surface area contributed by atoms with E-state index < -0.39 is 0 Å². The van der Waals surface area contributed by atoms with Crippen molar-refractivity contribution in [2.24, 2.45) is 0 Å². The van der Waals surface area contributed by atoms with Crippen LogP contribution < -0.4 is 0 Å². The van der Waals surface area contributed by atoms with Crippen LogP contribution in [0.25, 0.3) is 0 Å². The quantitative estimate of drug-likeness (QED) is 0.585. The molecule has 0 saturated carbocycles. The van der Waals surface area contributed by atoms with E-state index in [4.69, 9.17) is 4.74 Å². The molecule has 0 amide bonds. The average molecular weight is 278 g/mol. The van der Waals surface area contributed by atoms with Crippen molar-refractivity contribution in [3.05, 3.63) is 0 Å². The van der Waals surface area contributed by atoms with Crippen molar-refractivity contribution in [2.75, 3.05) is 13.7 Å². The Morgan fingerprint density at radius 2 is 2.00 bits per heavy atom. The van der Waals surface area contributed by atoms with Crippen molar-refractivity contribution in [2.45, 2.75) is 50.0 Å². The third kappa shape index (κ3) is 3.45. The Bertz CT molecular complexity index is 213. The van der Waals surface area contributed by atoms with Crippen molar-refractivity contribution < 1.29 is 9.53 Å². The third-order valence-corrected chi connectivity index (χ3v) is 3.87. The van der Waals surface area contributed by atoms with Gasteiger partial charge in [0.1, 0.15) is 4.83 Å². The second-order valence-corrected chi connectivity index (χ2v) is 5.42. The molecule has 1 unspecified atom stereocenters. The summed E-state index contributed by atoms with van der Waals surface area (Å²) in [6, 6.07) is 1.14. The Morgan fingerprint density at radius 3 is 2.47 bits per heavy atom. The summed E-state index contributed by atoms with van der Waals surface area (Å²) in [6.07, 6.45) is 3.75. The van der Waals surface area contributed by atoms with E-state index in [9.17, 15) is 4.79 Å². The normalized spacial score (nSPS) is 29.9. The predicted molar refractivity (Wildman–Crippen MR) is 64.2 cm³/mol. The van der Waals surface area contributed by atoms with Crippen LogP contribution in [0.15, 0.2) is 0 Å². The molecule has 1 rings (SSSR count). The number of esters is 1. The molecule has 0 aromatic heterocycles. The van der Waals surface area contributed by atoms with Gasteiger partial charge >= 0.3 is 5.97 Å². The Kier molecular flexibility index (Phi) is 5.06. The Hall–Kier alpha value is -0.0900. The molecule has 4 heteroatoms. The lowest BCUT2D eigenvalue weighted by atomic mass is 9.97. The molecule has 15 heavy (non-hydrogen) atoms. The van der Waals surface area contributed by atoms with Crippen LogP contribution in [0.5, 0.6) is 0 Å². The zero-order chi connectivity index (χ0) is 11.4. The number of carbonyl (C=O) groups is 1. The molecule has 1 fully saturated rings. The van der Waals surface area contributed by atoms with E-state index in [0.29, 0.717) is 12.1 Å². The fourth-order valence-corrected chi connectivity index (χ4v) is 2.74. The summed E-state index contributed by atoms with van der Waals surface area (Å²) >= 11 is 3.38. The standard InChI is InChI=1S/C11H20BrNO2/c1-8-5-4-6-9(2)13(8)7-10(12)11(14)15-3/h8-10H,4-7H2,1-3H3/t8-,9+,10?. The van der Waals surface area contributed by atoms with Gasteiger partial charge in [-0.1, -0.05) is 22.4 Å². The molecule has 0 spiro atoms. The van der Waals surface area contributed by atoms with Gasteiger partial charge in [-0.2, -0.15) is 0 Å². The number of likely N-dealkylation sites (tertiary alicyclic amines) is 1. The number of hydrogen-bond donors (Lipinski definition) is 0. The second-order valence-electron chi connectivity index (χ2n) is 4.32. The molecule has 0 N–H and O–H groups in total. The van der Waals surface area contributed by atoms with Gasteiger partial charge in [0.2, 0.25) is 0 Å². The summed E-state index contributed by atoms with van der Waals surface area (Å²) in [7, 11) is 1.43. The molecule has 0 radical (unpaired) electrons. The van der Waals surface area contributed by atoms with Crippen LogP contribution >= 0.6 is 15.9 Å². The number of methoxy groups -OCH3 is 1. The molecule has 1 saturated heterocycles. The number of carbonyl (C=O) groups excluding carboxylic acids is 1. The maximum Gasteiger partial charge on any atom is 0.320 e. The Labute approximate surface area is 100 Å². The van der Waals surface area contributed by atoms with E-state index in [1.54, 1.807) is 0 Å². The summed E-state index contributed by atoms with van der Waals surface area (Å²) in [5.74, 6) is -0.181. The monoisotopic (exact) mass is 277 g/mol. The zero-order valence-corrected chi connectivity index (χ0v) is 11.3. The number of hydrogen-bond acceptors (Lipinski definition) is 3. The van der Waals surface area contributed by atoms with Gasteiger partial charge in [0.15, 0.2) is 0 Å². The van der Waals surface area contributed by atoms with Crippen LogP contribution in [0.2, 0.25) is 0 Å². The van der Waals surface area contributed by atoms with E-state index in [1.807, 2.05) is 0 Å². The molecule has 3 atom stereocenters. The molecule has 0 bridgehead atoms. The predicted octanol–water partition coefficient (Wildman–Crippen LogP) is 2.19. The molecule has 3 nitrogen and oxygen atoms in total. The summed E-state index contributed by atoms with van der Waals surface area (Å²) in [5, 5.41) is 0. The third-order valence-electron chi connectivity index (χ3n) is 3.20. The van der Waals surface area contributed by atoms with E-state index in [-0.39, 0.29) is 10.8 Å². The van der Waals surface area contributed by atoms with Crippen LogP contribution in [-0.2, 0) is 9.53 Å². The molecule has 1 aliphatic rings. The lowest BCUT2D eigenvalue weighted by Gasteiger charge is -2.39. The Morgan fingerprint density at radius 1 is 1.47 bits per heavy atom. The van der Waals surface area contributed by atoms with Crippen molar-refractivity contribution in [3.63, 3.8) is 0 Å². The molecule has 1 heterocycles. The number of ether oxygens (including phenoxy) is 1. The van der Waals surface area contributed by atoms with Crippen molar-refractivity contribution >= 4 is 21.9 Å². The first-order valence-corrected chi connectivity index (χ1v) is 6.45. The molecule has 0 aromatic rings. The van der Waals surface area contributed by atoms with Gasteiger partial charge in [0.25, 0.3) is 0 Å².